The highest BCUT2D eigenvalue weighted by Crippen LogP contribution is 2.31. The van der Waals surface area contributed by atoms with Gasteiger partial charge >= 0.3 is 11.8 Å². The average Bonchev–Trinajstić information content (AvgIpc) is 2.42. The molecule has 1 heterocycles. The lowest BCUT2D eigenvalue weighted by atomic mass is 9.90. The molecule has 0 radical (unpaired) electrons. The fraction of sp³-hybridized carbons (Fsp3) is 0.462. The number of likely N-dealkylation sites (tertiary alicyclic amines) is 1. The summed E-state index contributed by atoms with van der Waals surface area (Å²) in [4.78, 5) is 22.1. The Morgan fingerprint density at radius 3 is 2.57 bits per heavy atom. The van der Waals surface area contributed by atoms with Crippen molar-refractivity contribution in [2.75, 3.05) is 13.1 Å². The summed E-state index contributed by atoms with van der Waals surface area (Å²) in [7, 11) is 0. The third kappa shape index (κ3) is 3.39. The second-order valence-electron chi connectivity index (χ2n) is 5.11. The number of nitro benzene ring substituents is 1. The van der Waals surface area contributed by atoms with Crippen LogP contribution in [-0.4, -0.2) is 39.2 Å². The highest BCUT2D eigenvalue weighted by Gasteiger charge is 2.25. The highest BCUT2D eigenvalue weighted by atomic mass is 19.1. The van der Waals surface area contributed by atoms with Gasteiger partial charge in [-0.05, 0) is 30.7 Å². The molecule has 0 saturated carbocycles. The molecule has 0 spiro atoms. The molecular weight excluding hydrogens is 283 g/mol. The van der Waals surface area contributed by atoms with E-state index in [1.54, 1.807) is 0 Å². The van der Waals surface area contributed by atoms with Crippen molar-refractivity contribution in [2.45, 2.75) is 19.3 Å². The Labute approximate surface area is 119 Å². The van der Waals surface area contributed by atoms with Crippen molar-refractivity contribution in [3.63, 3.8) is 0 Å². The molecule has 0 aliphatic carbocycles. The van der Waals surface area contributed by atoms with Crippen LogP contribution in [0.5, 0.6) is 5.75 Å². The molecule has 1 aromatic carbocycles. The highest BCUT2D eigenvalue weighted by molar-refractivity contribution is 5.65. The van der Waals surface area contributed by atoms with Crippen LogP contribution in [0.1, 0.15) is 18.4 Å². The van der Waals surface area contributed by atoms with Crippen LogP contribution in [0.15, 0.2) is 12.1 Å². The number of carbonyl (C=O) groups is 1. The van der Waals surface area contributed by atoms with Crippen molar-refractivity contribution in [1.82, 2.24) is 4.90 Å². The number of nitrogens with zero attached hydrogens (tertiary/aromatic N) is 2. The van der Waals surface area contributed by atoms with Gasteiger partial charge in [0.1, 0.15) is 5.82 Å². The number of rotatable bonds is 3. The van der Waals surface area contributed by atoms with E-state index in [9.17, 15) is 24.4 Å². The Bertz CT molecular complexity index is 570. The first-order chi connectivity index (χ1) is 9.88. The standard InChI is InChI=1S/C13H15FN2O5/c14-10-7-12(17)11(16(20)21)6-9(10)5-8-1-3-15(4-2-8)13(18)19/h6-8,17H,1-5H2,(H,18,19). The first kappa shape index (κ1) is 15.0. The van der Waals surface area contributed by atoms with Crippen LogP contribution in [0.2, 0.25) is 0 Å². The summed E-state index contributed by atoms with van der Waals surface area (Å²) in [6.45, 7) is 0.754. The first-order valence-electron chi connectivity index (χ1n) is 6.52. The number of amides is 1. The van der Waals surface area contributed by atoms with E-state index in [0.29, 0.717) is 32.4 Å². The summed E-state index contributed by atoms with van der Waals surface area (Å²) >= 11 is 0. The van der Waals surface area contributed by atoms with Gasteiger partial charge in [-0.3, -0.25) is 10.1 Å². The maximum absolute atomic E-state index is 13.8. The molecule has 114 valence electrons. The number of carboxylic acid groups (broad SMARTS) is 1. The van der Waals surface area contributed by atoms with Crippen LogP contribution in [-0.2, 0) is 6.42 Å². The van der Waals surface area contributed by atoms with E-state index in [0.717, 1.165) is 12.1 Å². The van der Waals surface area contributed by atoms with Gasteiger partial charge in [0.15, 0.2) is 5.75 Å². The average molecular weight is 298 g/mol. The zero-order chi connectivity index (χ0) is 15.6. The fourth-order valence-corrected chi connectivity index (χ4v) is 2.54. The normalized spacial score (nSPS) is 16.0. The molecular formula is C13H15FN2O5. The van der Waals surface area contributed by atoms with E-state index in [1.165, 1.54) is 4.90 Å². The van der Waals surface area contributed by atoms with Gasteiger partial charge < -0.3 is 15.1 Å². The van der Waals surface area contributed by atoms with E-state index in [2.05, 4.69) is 0 Å². The topological polar surface area (TPSA) is 104 Å². The van der Waals surface area contributed by atoms with E-state index in [4.69, 9.17) is 5.11 Å². The molecule has 1 aromatic rings. The number of phenolic OH excluding ortho intramolecular Hbond substituents is 1. The van der Waals surface area contributed by atoms with Crippen LogP contribution in [0.4, 0.5) is 14.9 Å². The predicted molar refractivity (Wildman–Crippen MR) is 70.7 cm³/mol. The Balaban J connectivity index is 2.08. The maximum Gasteiger partial charge on any atom is 0.407 e. The molecule has 2 rings (SSSR count). The maximum atomic E-state index is 13.8. The minimum atomic E-state index is -0.972. The van der Waals surface area contributed by atoms with Crippen molar-refractivity contribution < 1.29 is 24.3 Å². The monoisotopic (exact) mass is 298 g/mol. The summed E-state index contributed by atoms with van der Waals surface area (Å²) in [5.41, 5.74) is -0.345. The summed E-state index contributed by atoms with van der Waals surface area (Å²) < 4.78 is 13.8. The minimum absolute atomic E-state index is 0.0687. The van der Waals surface area contributed by atoms with Crippen LogP contribution in [0, 0.1) is 21.8 Å². The molecule has 7 nitrogen and oxygen atoms in total. The molecule has 1 saturated heterocycles. The van der Waals surface area contributed by atoms with Crippen molar-refractivity contribution >= 4 is 11.8 Å². The van der Waals surface area contributed by atoms with Crippen molar-refractivity contribution in [3.8, 4) is 5.75 Å². The van der Waals surface area contributed by atoms with E-state index in [-0.39, 0.29) is 11.5 Å². The van der Waals surface area contributed by atoms with Crippen LogP contribution < -0.4 is 0 Å². The van der Waals surface area contributed by atoms with E-state index < -0.39 is 28.3 Å². The summed E-state index contributed by atoms with van der Waals surface area (Å²) in [6.07, 6.45) is 0.487. The first-order valence-corrected chi connectivity index (χ1v) is 6.52. The number of phenols is 1. The minimum Gasteiger partial charge on any atom is -0.502 e. The number of halogens is 1. The third-order valence-electron chi connectivity index (χ3n) is 3.73. The molecule has 1 aliphatic heterocycles. The second-order valence-corrected chi connectivity index (χ2v) is 5.11. The Morgan fingerprint density at radius 2 is 2.05 bits per heavy atom. The SMILES string of the molecule is O=C(O)N1CCC(Cc2cc([N+](=O)[O-])c(O)cc2F)CC1. The molecule has 21 heavy (non-hydrogen) atoms. The van der Waals surface area contributed by atoms with Crippen molar-refractivity contribution in [3.05, 3.63) is 33.6 Å². The van der Waals surface area contributed by atoms with Gasteiger partial charge in [-0.1, -0.05) is 0 Å². The molecule has 1 aliphatic rings. The Morgan fingerprint density at radius 1 is 1.43 bits per heavy atom. The number of hydrogen-bond acceptors (Lipinski definition) is 4. The molecule has 0 unspecified atom stereocenters. The van der Waals surface area contributed by atoms with Crippen LogP contribution in [0.3, 0.4) is 0 Å². The van der Waals surface area contributed by atoms with Crippen molar-refractivity contribution in [2.24, 2.45) is 5.92 Å². The molecule has 8 heteroatoms. The van der Waals surface area contributed by atoms with Gasteiger partial charge in [0.2, 0.25) is 0 Å². The number of hydrogen-bond donors (Lipinski definition) is 2. The molecule has 2 N–H and O–H groups in total. The Kier molecular flexibility index (Phi) is 4.25. The van der Waals surface area contributed by atoms with Crippen LogP contribution in [0.25, 0.3) is 0 Å². The van der Waals surface area contributed by atoms with Gasteiger partial charge in [-0.2, -0.15) is 0 Å². The Hall–Kier alpha value is -2.38. The largest absolute Gasteiger partial charge is 0.502 e. The lowest BCUT2D eigenvalue weighted by molar-refractivity contribution is -0.386. The van der Waals surface area contributed by atoms with Gasteiger partial charge in [-0.25, -0.2) is 9.18 Å². The summed E-state index contributed by atoms with van der Waals surface area (Å²) in [6, 6.07) is 1.80. The van der Waals surface area contributed by atoms with E-state index >= 15 is 0 Å². The fourth-order valence-electron chi connectivity index (χ4n) is 2.54. The number of benzene rings is 1. The van der Waals surface area contributed by atoms with Crippen molar-refractivity contribution in [1.29, 1.82) is 0 Å². The van der Waals surface area contributed by atoms with Gasteiger partial charge in [-0.15, -0.1) is 0 Å². The quantitative estimate of drug-likeness (QED) is 0.658. The zero-order valence-corrected chi connectivity index (χ0v) is 11.2. The molecule has 1 amide bonds. The molecule has 1 fully saturated rings. The number of aromatic hydroxyl groups is 1. The second kappa shape index (κ2) is 5.94. The van der Waals surface area contributed by atoms with Gasteiger partial charge in [0.25, 0.3) is 0 Å². The predicted octanol–water partition coefficient (Wildman–Crippen LogP) is 2.37. The third-order valence-corrected chi connectivity index (χ3v) is 3.73. The lowest BCUT2D eigenvalue weighted by Gasteiger charge is -2.30. The number of piperidine rings is 1. The summed E-state index contributed by atoms with van der Waals surface area (Å²) in [5.74, 6) is -1.31. The van der Waals surface area contributed by atoms with E-state index in [1.807, 2.05) is 0 Å². The van der Waals surface area contributed by atoms with Gasteiger partial charge in [0, 0.05) is 25.2 Å². The molecule has 0 aromatic heterocycles. The lowest BCUT2D eigenvalue weighted by Crippen LogP contribution is -2.37. The molecule has 0 bridgehead atoms. The number of nitro groups is 1. The molecule has 0 atom stereocenters. The van der Waals surface area contributed by atoms with Gasteiger partial charge in [0.05, 0.1) is 4.92 Å². The van der Waals surface area contributed by atoms with Crippen LogP contribution >= 0.6 is 0 Å². The summed E-state index contributed by atoms with van der Waals surface area (Å²) in [5, 5.41) is 28.9. The zero-order valence-electron chi connectivity index (χ0n) is 11.2. The smallest absolute Gasteiger partial charge is 0.407 e.